The molecule has 6 nitrogen and oxygen atoms in total. The molecule has 132 valence electrons. The summed E-state index contributed by atoms with van der Waals surface area (Å²) in [6.45, 7) is 6.91. The molecule has 1 aliphatic heterocycles. The zero-order chi connectivity index (χ0) is 17.7. The summed E-state index contributed by atoms with van der Waals surface area (Å²) in [5.74, 6) is 0. The Kier molecular flexibility index (Phi) is 6.10. The third-order valence-electron chi connectivity index (χ3n) is 3.70. The van der Waals surface area contributed by atoms with Crippen molar-refractivity contribution >= 4 is 39.8 Å². The van der Waals surface area contributed by atoms with E-state index in [1.165, 1.54) is 0 Å². The molecule has 0 spiro atoms. The number of hydrogen-bond donors (Lipinski definition) is 2. The van der Waals surface area contributed by atoms with Gasteiger partial charge in [-0.3, -0.25) is 4.79 Å². The summed E-state index contributed by atoms with van der Waals surface area (Å²) in [4.78, 5) is 24.6. The molecule has 1 saturated heterocycles. The molecule has 0 atom stereocenters. The second-order valence-electron chi connectivity index (χ2n) is 6.84. The van der Waals surface area contributed by atoms with Crippen molar-refractivity contribution in [1.29, 1.82) is 0 Å². The van der Waals surface area contributed by atoms with Gasteiger partial charge in [-0.15, -0.1) is 0 Å². The minimum Gasteiger partial charge on any atom is -0.444 e. The summed E-state index contributed by atoms with van der Waals surface area (Å²) in [6.07, 6.45) is 2.07. The first-order chi connectivity index (χ1) is 11.3. The molecule has 0 aliphatic carbocycles. The first-order valence-corrected chi connectivity index (χ1v) is 8.82. The largest absolute Gasteiger partial charge is 0.444 e. The van der Waals surface area contributed by atoms with Crippen LogP contribution in [-0.2, 0) is 9.53 Å². The van der Waals surface area contributed by atoms with Gasteiger partial charge >= 0.3 is 6.09 Å². The van der Waals surface area contributed by atoms with E-state index in [4.69, 9.17) is 4.74 Å². The number of anilines is 2. The van der Waals surface area contributed by atoms with E-state index in [-0.39, 0.29) is 12.1 Å². The third kappa shape index (κ3) is 5.40. The summed E-state index contributed by atoms with van der Waals surface area (Å²) < 4.78 is 6.31. The first-order valence-electron chi connectivity index (χ1n) is 8.02. The molecule has 7 heteroatoms. The summed E-state index contributed by atoms with van der Waals surface area (Å²) in [5.41, 5.74) is 1.13. The van der Waals surface area contributed by atoms with Crippen molar-refractivity contribution in [3.63, 3.8) is 0 Å². The van der Waals surface area contributed by atoms with Crippen molar-refractivity contribution in [2.24, 2.45) is 0 Å². The van der Waals surface area contributed by atoms with Gasteiger partial charge in [0, 0.05) is 23.6 Å². The molecule has 0 aromatic heterocycles. The Morgan fingerprint density at radius 3 is 2.54 bits per heavy atom. The zero-order valence-corrected chi connectivity index (χ0v) is 15.9. The number of rotatable bonds is 4. The van der Waals surface area contributed by atoms with Crippen molar-refractivity contribution in [1.82, 2.24) is 4.90 Å². The van der Waals surface area contributed by atoms with Crippen LogP contribution in [0.2, 0.25) is 0 Å². The highest BCUT2D eigenvalue weighted by Crippen LogP contribution is 2.28. The van der Waals surface area contributed by atoms with Gasteiger partial charge in [-0.2, -0.15) is 0 Å². The Balaban J connectivity index is 1.92. The fourth-order valence-corrected chi connectivity index (χ4v) is 2.94. The second-order valence-corrected chi connectivity index (χ2v) is 7.75. The summed E-state index contributed by atoms with van der Waals surface area (Å²) in [6, 6.07) is 5.95. The minimum atomic E-state index is -0.473. The molecule has 24 heavy (non-hydrogen) atoms. The zero-order valence-electron chi connectivity index (χ0n) is 14.3. The van der Waals surface area contributed by atoms with Gasteiger partial charge in [0.1, 0.15) is 5.60 Å². The van der Waals surface area contributed by atoms with Crippen LogP contribution in [0.25, 0.3) is 0 Å². The smallest absolute Gasteiger partial charge is 0.410 e. The van der Waals surface area contributed by atoms with Crippen LogP contribution >= 0.6 is 15.9 Å². The number of amides is 2. The topological polar surface area (TPSA) is 70.7 Å². The number of nitrogens with one attached hydrogen (secondary N) is 2. The van der Waals surface area contributed by atoms with E-state index in [1.54, 1.807) is 4.90 Å². The van der Waals surface area contributed by atoms with Gasteiger partial charge in [-0.25, -0.2) is 4.79 Å². The average Bonchev–Trinajstić information content (AvgIpc) is 2.49. The quantitative estimate of drug-likeness (QED) is 0.757. The van der Waals surface area contributed by atoms with Gasteiger partial charge in [0.05, 0.1) is 11.4 Å². The van der Waals surface area contributed by atoms with E-state index in [2.05, 4.69) is 26.6 Å². The molecule has 1 aliphatic rings. The molecular weight excluding hydrogens is 374 g/mol. The van der Waals surface area contributed by atoms with E-state index in [0.717, 1.165) is 28.7 Å². The van der Waals surface area contributed by atoms with Crippen molar-refractivity contribution in [2.75, 3.05) is 23.7 Å². The molecule has 0 radical (unpaired) electrons. The number of ether oxygens (including phenoxy) is 1. The molecule has 0 bridgehead atoms. The number of halogens is 1. The Labute approximate surface area is 151 Å². The predicted molar refractivity (Wildman–Crippen MR) is 98.3 cm³/mol. The van der Waals surface area contributed by atoms with Gasteiger partial charge in [0.15, 0.2) is 0 Å². The Morgan fingerprint density at radius 1 is 1.29 bits per heavy atom. The fraction of sp³-hybridized carbons (Fsp3) is 0.529. The number of piperidine rings is 1. The number of carbonyl (C=O) groups excluding carboxylic acids is 2. The number of likely N-dealkylation sites (tertiary alicyclic amines) is 1. The highest BCUT2D eigenvalue weighted by atomic mass is 79.9. The number of benzene rings is 1. The Bertz CT molecular complexity index is 593. The summed E-state index contributed by atoms with van der Waals surface area (Å²) >= 11 is 3.40. The molecule has 2 N–H and O–H groups in total. The molecule has 0 saturated carbocycles. The lowest BCUT2D eigenvalue weighted by molar-refractivity contribution is -0.105. The standard InChI is InChI=1S/C17H24BrN3O3/c1-17(2,3)24-16(23)21-8-6-13(7-9-21)20-14-5-4-12(18)10-15(14)19-11-22/h4-5,10-11,13,20H,6-9H2,1-3H3,(H,19,22). The molecule has 2 rings (SSSR count). The normalized spacial score (nSPS) is 15.8. The van der Waals surface area contributed by atoms with E-state index >= 15 is 0 Å². The van der Waals surface area contributed by atoms with Crippen LogP contribution < -0.4 is 10.6 Å². The monoisotopic (exact) mass is 397 g/mol. The Morgan fingerprint density at radius 2 is 1.96 bits per heavy atom. The van der Waals surface area contributed by atoms with Crippen LogP contribution in [0.15, 0.2) is 22.7 Å². The molecule has 2 amide bonds. The lowest BCUT2D eigenvalue weighted by Gasteiger charge is -2.34. The number of hydrogen-bond acceptors (Lipinski definition) is 4. The van der Waals surface area contributed by atoms with Crippen LogP contribution in [0.1, 0.15) is 33.6 Å². The molecule has 1 aromatic rings. The highest BCUT2D eigenvalue weighted by molar-refractivity contribution is 9.10. The van der Waals surface area contributed by atoms with Crippen molar-refractivity contribution in [3.05, 3.63) is 22.7 Å². The number of carbonyl (C=O) groups is 2. The van der Waals surface area contributed by atoms with Gasteiger partial charge in [-0.1, -0.05) is 15.9 Å². The van der Waals surface area contributed by atoms with Crippen LogP contribution in [0.4, 0.5) is 16.2 Å². The van der Waals surface area contributed by atoms with Crippen molar-refractivity contribution < 1.29 is 14.3 Å². The van der Waals surface area contributed by atoms with E-state index in [9.17, 15) is 9.59 Å². The van der Waals surface area contributed by atoms with Crippen LogP contribution in [-0.4, -0.2) is 42.1 Å². The van der Waals surface area contributed by atoms with Crippen molar-refractivity contribution in [3.8, 4) is 0 Å². The van der Waals surface area contributed by atoms with Crippen LogP contribution in [0.3, 0.4) is 0 Å². The van der Waals surface area contributed by atoms with Gasteiger partial charge in [0.2, 0.25) is 6.41 Å². The maximum atomic E-state index is 12.1. The Hall–Kier alpha value is -1.76. The van der Waals surface area contributed by atoms with E-state index in [0.29, 0.717) is 19.5 Å². The molecule has 1 aromatic carbocycles. The molecule has 1 fully saturated rings. The second kappa shape index (κ2) is 7.88. The SMILES string of the molecule is CC(C)(C)OC(=O)N1CCC(Nc2ccc(Br)cc2NC=O)CC1. The lowest BCUT2D eigenvalue weighted by atomic mass is 10.0. The van der Waals surface area contributed by atoms with Gasteiger partial charge in [0.25, 0.3) is 0 Å². The summed E-state index contributed by atoms with van der Waals surface area (Å²) in [5, 5.41) is 6.15. The molecule has 0 unspecified atom stereocenters. The maximum absolute atomic E-state index is 12.1. The molecular formula is C17H24BrN3O3. The minimum absolute atomic E-state index is 0.247. The van der Waals surface area contributed by atoms with Gasteiger partial charge < -0.3 is 20.3 Å². The van der Waals surface area contributed by atoms with E-state index < -0.39 is 5.60 Å². The fourth-order valence-electron chi connectivity index (χ4n) is 2.58. The number of nitrogens with zero attached hydrogens (tertiary/aromatic N) is 1. The predicted octanol–water partition coefficient (Wildman–Crippen LogP) is 3.83. The van der Waals surface area contributed by atoms with Gasteiger partial charge in [-0.05, 0) is 51.8 Å². The lowest BCUT2D eigenvalue weighted by Crippen LogP contribution is -2.44. The average molecular weight is 398 g/mol. The van der Waals surface area contributed by atoms with Crippen LogP contribution in [0.5, 0.6) is 0 Å². The van der Waals surface area contributed by atoms with E-state index in [1.807, 2.05) is 39.0 Å². The molecule has 1 heterocycles. The first kappa shape index (κ1) is 18.6. The maximum Gasteiger partial charge on any atom is 0.410 e. The summed E-state index contributed by atoms with van der Waals surface area (Å²) in [7, 11) is 0. The third-order valence-corrected chi connectivity index (χ3v) is 4.20. The van der Waals surface area contributed by atoms with Crippen LogP contribution in [0, 0.1) is 0 Å². The highest BCUT2D eigenvalue weighted by Gasteiger charge is 2.27. The van der Waals surface area contributed by atoms with Crippen molar-refractivity contribution in [2.45, 2.75) is 45.3 Å².